The molecule has 0 fully saturated rings. The SMILES string of the molecule is CC(=O)N1C=Cc2ccccc2[C@@H]1CC(=O)Nc1cc(C)ccc1OCC(F)(F)F. The van der Waals surface area contributed by atoms with E-state index < -0.39 is 24.7 Å². The van der Waals surface area contributed by atoms with E-state index in [1.54, 1.807) is 31.3 Å². The third kappa shape index (κ3) is 5.20. The van der Waals surface area contributed by atoms with Gasteiger partial charge in [0.25, 0.3) is 0 Å². The fraction of sp³-hybridized carbons (Fsp3) is 0.273. The van der Waals surface area contributed by atoms with Gasteiger partial charge in [-0.25, -0.2) is 0 Å². The van der Waals surface area contributed by atoms with Crippen molar-refractivity contribution in [2.75, 3.05) is 11.9 Å². The van der Waals surface area contributed by atoms with Gasteiger partial charge in [0.15, 0.2) is 6.61 Å². The van der Waals surface area contributed by atoms with Crippen LogP contribution in [0.3, 0.4) is 0 Å². The molecule has 0 bridgehead atoms. The molecule has 0 aliphatic carbocycles. The fourth-order valence-electron chi connectivity index (χ4n) is 3.32. The van der Waals surface area contributed by atoms with Crippen LogP contribution >= 0.6 is 0 Å². The molecule has 5 nitrogen and oxygen atoms in total. The number of aryl methyl sites for hydroxylation is 1. The number of benzene rings is 2. The number of nitrogens with zero attached hydrogens (tertiary/aromatic N) is 1. The molecular weight excluding hydrogens is 397 g/mol. The number of nitrogens with one attached hydrogen (secondary N) is 1. The van der Waals surface area contributed by atoms with Gasteiger partial charge in [-0.1, -0.05) is 30.3 Å². The number of alkyl halides is 3. The summed E-state index contributed by atoms with van der Waals surface area (Å²) in [4.78, 5) is 26.3. The van der Waals surface area contributed by atoms with Crippen molar-refractivity contribution in [1.29, 1.82) is 0 Å². The van der Waals surface area contributed by atoms with Gasteiger partial charge in [-0.15, -0.1) is 0 Å². The second kappa shape index (κ2) is 8.61. The van der Waals surface area contributed by atoms with Gasteiger partial charge in [0.2, 0.25) is 11.8 Å². The number of carbonyl (C=O) groups excluding carboxylic acids is 2. The Kier molecular flexibility index (Phi) is 6.14. The van der Waals surface area contributed by atoms with Crippen LogP contribution in [0.1, 0.15) is 36.1 Å². The van der Waals surface area contributed by atoms with Crippen molar-refractivity contribution in [3.63, 3.8) is 0 Å². The van der Waals surface area contributed by atoms with Gasteiger partial charge >= 0.3 is 6.18 Å². The van der Waals surface area contributed by atoms with Crippen molar-refractivity contribution in [2.24, 2.45) is 0 Å². The summed E-state index contributed by atoms with van der Waals surface area (Å²) in [6, 6.07) is 11.4. The molecule has 1 heterocycles. The van der Waals surface area contributed by atoms with Gasteiger partial charge in [-0.05, 0) is 41.8 Å². The number of ether oxygens (including phenoxy) is 1. The van der Waals surface area contributed by atoms with Gasteiger partial charge in [0, 0.05) is 13.1 Å². The summed E-state index contributed by atoms with van der Waals surface area (Å²) in [7, 11) is 0. The summed E-state index contributed by atoms with van der Waals surface area (Å²) in [5.41, 5.74) is 2.62. The van der Waals surface area contributed by atoms with Crippen LogP contribution in [0.25, 0.3) is 6.08 Å². The van der Waals surface area contributed by atoms with Crippen molar-refractivity contribution in [3.05, 3.63) is 65.4 Å². The van der Waals surface area contributed by atoms with Crippen LogP contribution in [-0.2, 0) is 9.59 Å². The lowest BCUT2D eigenvalue weighted by molar-refractivity contribution is -0.153. The molecule has 0 unspecified atom stereocenters. The Morgan fingerprint density at radius 1 is 1.17 bits per heavy atom. The van der Waals surface area contributed by atoms with Gasteiger partial charge in [-0.2, -0.15) is 13.2 Å². The van der Waals surface area contributed by atoms with Crippen molar-refractivity contribution in [2.45, 2.75) is 32.5 Å². The summed E-state index contributed by atoms with van der Waals surface area (Å²) in [5, 5.41) is 2.63. The van der Waals surface area contributed by atoms with Gasteiger partial charge in [-0.3, -0.25) is 9.59 Å². The van der Waals surface area contributed by atoms with E-state index in [1.165, 1.54) is 17.9 Å². The lowest BCUT2D eigenvalue weighted by Crippen LogP contribution is -2.33. The highest BCUT2D eigenvalue weighted by molar-refractivity contribution is 5.93. The number of carbonyl (C=O) groups is 2. The number of hydrogen-bond acceptors (Lipinski definition) is 3. The highest BCUT2D eigenvalue weighted by Crippen LogP contribution is 2.34. The van der Waals surface area contributed by atoms with Crippen molar-refractivity contribution in [3.8, 4) is 5.75 Å². The normalized spacial score (nSPS) is 15.5. The second-order valence-corrected chi connectivity index (χ2v) is 7.04. The Morgan fingerprint density at radius 2 is 1.90 bits per heavy atom. The molecule has 1 N–H and O–H groups in total. The highest BCUT2D eigenvalue weighted by atomic mass is 19.4. The first-order valence-electron chi connectivity index (χ1n) is 9.30. The molecule has 0 saturated heterocycles. The molecule has 0 saturated carbocycles. The molecule has 1 aliphatic heterocycles. The molecule has 2 amide bonds. The predicted molar refractivity (Wildman–Crippen MR) is 107 cm³/mol. The van der Waals surface area contributed by atoms with E-state index >= 15 is 0 Å². The quantitative estimate of drug-likeness (QED) is 0.756. The first-order chi connectivity index (χ1) is 14.1. The molecule has 0 radical (unpaired) electrons. The molecule has 3 rings (SSSR count). The number of fused-ring (bicyclic) bond motifs is 1. The number of rotatable bonds is 5. The van der Waals surface area contributed by atoms with E-state index in [9.17, 15) is 22.8 Å². The van der Waals surface area contributed by atoms with Crippen LogP contribution in [0.4, 0.5) is 18.9 Å². The first-order valence-corrected chi connectivity index (χ1v) is 9.30. The zero-order chi connectivity index (χ0) is 21.9. The average Bonchev–Trinajstić information content (AvgIpc) is 2.66. The Labute approximate surface area is 172 Å². The maximum atomic E-state index is 12.8. The first kappa shape index (κ1) is 21.4. The molecule has 2 aromatic rings. The second-order valence-electron chi connectivity index (χ2n) is 7.04. The average molecular weight is 418 g/mol. The third-order valence-electron chi connectivity index (χ3n) is 4.65. The van der Waals surface area contributed by atoms with Crippen LogP contribution in [0.2, 0.25) is 0 Å². The van der Waals surface area contributed by atoms with Crippen molar-refractivity contribution in [1.82, 2.24) is 4.90 Å². The number of hydrogen-bond donors (Lipinski definition) is 1. The highest BCUT2D eigenvalue weighted by Gasteiger charge is 2.30. The predicted octanol–water partition coefficient (Wildman–Crippen LogP) is 4.84. The largest absolute Gasteiger partial charge is 0.482 e. The lowest BCUT2D eigenvalue weighted by atomic mass is 9.93. The van der Waals surface area contributed by atoms with Crippen LogP contribution < -0.4 is 10.1 Å². The third-order valence-corrected chi connectivity index (χ3v) is 4.65. The maximum Gasteiger partial charge on any atom is 0.422 e. The van der Waals surface area contributed by atoms with Gasteiger partial charge < -0.3 is 15.0 Å². The van der Waals surface area contributed by atoms with E-state index in [0.29, 0.717) is 0 Å². The standard InChI is InChI=1S/C22H21F3N2O3/c1-14-7-8-20(30-13-22(23,24)25)18(11-14)26-21(29)12-19-17-6-4-3-5-16(17)9-10-27(19)15(2)28/h3-11,19H,12-13H2,1-2H3,(H,26,29)/t19-/m0/s1. The summed E-state index contributed by atoms with van der Waals surface area (Å²) in [6.45, 7) is 1.70. The summed E-state index contributed by atoms with van der Waals surface area (Å²) in [5.74, 6) is -0.735. The molecule has 158 valence electrons. The lowest BCUT2D eigenvalue weighted by Gasteiger charge is -2.32. The monoisotopic (exact) mass is 418 g/mol. The van der Waals surface area contributed by atoms with Crippen LogP contribution in [0.15, 0.2) is 48.7 Å². The molecule has 1 atom stereocenters. The Morgan fingerprint density at radius 3 is 2.60 bits per heavy atom. The van der Waals surface area contributed by atoms with Crippen LogP contribution in [0, 0.1) is 6.92 Å². The molecular formula is C22H21F3N2O3. The molecule has 8 heteroatoms. The van der Waals surface area contributed by atoms with Crippen LogP contribution in [-0.4, -0.2) is 29.5 Å². The van der Waals surface area contributed by atoms with E-state index in [2.05, 4.69) is 5.32 Å². The van der Waals surface area contributed by atoms with Crippen LogP contribution in [0.5, 0.6) is 5.75 Å². The van der Waals surface area contributed by atoms with E-state index in [0.717, 1.165) is 16.7 Å². The number of halogens is 3. The number of anilines is 1. The minimum Gasteiger partial charge on any atom is -0.482 e. The topological polar surface area (TPSA) is 58.6 Å². The Hall–Kier alpha value is -3.29. The Bertz CT molecular complexity index is 986. The van der Waals surface area contributed by atoms with E-state index in [1.807, 2.05) is 24.3 Å². The molecule has 0 aromatic heterocycles. The minimum absolute atomic E-state index is 0.0619. The minimum atomic E-state index is -4.49. The molecule has 2 aromatic carbocycles. The number of amides is 2. The Balaban J connectivity index is 1.80. The zero-order valence-corrected chi connectivity index (χ0v) is 16.5. The molecule has 1 aliphatic rings. The van der Waals surface area contributed by atoms with Gasteiger partial charge in [0.1, 0.15) is 5.75 Å². The van der Waals surface area contributed by atoms with E-state index in [4.69, 9.17) is 4.74 Å². The summed E-state index contributed by atoms with van der Waals surface area (Å²) < 4.78 is 42.4. The maximum absolute atomic E-state index is 12.8. The molecule has 30 heavy (non-hydrogen) atoms. The summed E-state index contributed by atoms with van der Waals surface area (Å²) in [6.07, 6.45) is -1.12. The van der Waals surface area contributed by atoms with E-state index in [-0.39, 0.29) is 23.8 Å². The summed E-state index contributed by atoms with van der Waals surface area (Å²) >= 11 is 0. The van der Waals surface area contributed by atoms with Crippen molar-refractivity contribution < 1.29 is 27.5 Å². The fourth-order valence-corrected chi connectivity index (χ4v) is 3.32. The zero-order valence-electron chi connectivity index (χ0n) is 16.5. The van der Waals surface area contributed by atoms with Crippen molar-refractivity contribution >= 4 is 23.6 Å². The van der Waals surface area contributed by atoms with Gasteiger partial charge in [0.05, 0.1) is 18.2 Å². The molecule has 0 spiro atoms. The smallest absolute Gasteiger partial charge is 0.422 e.